The van der Waals surface area contributed by atoms with Crippen molar-refractivity contribution in [3.8, 4) is 17.2 Å². The van der Waals surface area contributed by atoms with Gasteiger partial charge in [0.1, 0.15) is 12.1 Å². The number of hydrogen-bond acceptors (Lipinski definition) is 9. The molecule has 40 heavy (non-hydrogen) atoms. The summed E-state index contributed by atoms with van der Waals surface area (Å²) in [6.45, 7) is -0.0167. The molecule has 0 saturated carbocycles. The van der Waals surface area contributed by atoms with E-state index in [0.29, 0.717) is 9.59 Å². The quantitative estimate of drug-likeness (QED) is 0.279. The Balaban J connectivity index is 1.79. The summed E-state index contributed by atoms with van der Waals surface area (Å²) in [5.74, 6) is -2.80. The lowest BCUT2D eigenvalue weighted by Gasteiger charge is -2.15. The number of carbonyl (C=O) groups is 2. The van der Waals surface area contributed by atoms with Gasteiger partial charge in [-0.05, 0) is 43.3 Å². The summed E-state index contributed by atoms with van der Waals surface area (Å²) < 4.78 is 46.6. The molecule has 3 aromatic heterocycles. The summed E-state index contributed by atoms with van der Waals surface area (Å²) in [7, 11) is 0. The molecule has 3 N–H and O–H groups in total. The van der Waals surface area contributed by atoms with Crippen LogP contribution < -0.4 is 11.4 Å². The summed E-state index contributed by atoms with van der Waals surface area (Å²) in [5, 5.41) is 18.2. The topological polar surface area (TPSA) is 173 Å². The molecule has 0 spiro atoms. The molecule has 3 heterocycles. The molecule has 4 rings (SSSR count). The van der Waals surface area contributed by atoms with Gasteiger partial charge in [-0.15, -0.1) is 10.2 Å². The number of esters is 1. The number of rotatable bonds is 9. The van der Waals surface area contributed by atoms with E-state index < -0.39 is 48.8 Å². The Kier molecular flexibility index (Phi) is 8.01. The number of benzene rings is 1. The number of nitrogens with two attached hydrogens (primary N) is 1. The van der Waals surface area contributed by atoms with Crippen LogP contribution in [0.5, 0.6) is 0 Å². The van der Waals surface area contributed by atoms with Gasteiger partial charge in [-0.3, -0.25) is 9.36 Å². The van der Waals surface area contributed by atoms with Gasteiger partial charge in [0.2, 0.25) is 5.82 Å². The average molecular weight is 581 g/mol. The molecule has 1 atom stereocenters. The molecule has 0 radical (unpaired) electrons. The van der Waals surface area contributed by atoms with Crippen molar-refractivity contribution in [2.75, 3.05) is 6.61 Å². The molecule has 13 nitrogen and oxygen atoms in total. The van der Waals surface area contributed by atoms with Crippen molar-refractivity contribution in [3.05, 3.63) is 75.3 Å². The van der Waals surface area contributed by atoms with Crippen molar-refractivity contribution >= 4 is 23.5 Å². The van der Waals surface area contributed by atoms with Gasteiger partial charge in [0.05, 0.1) is 13.2 Å². The van der Waals surface area contributed by atoms with E-state index in [9.17, 15) is 32.7 Å². The van der Waals surface area contributed by atoms with Gasteiger partial charge in [-0.1, -0.05) is 11.6 Å². The van der Waals surface area contributed by atoms with Crippen molar-refractivity contribution < 1.29 is 32.6 Å². The van der Waals surface area contributed by atoms with Gasteiger partial charge < -0.3 is 15.6 Å². The number of hydrogen-bond donors (Lipinski definition) is 2. The van der Waals surface area contributed by atoms with Crippen LogP contribution >= 0.6 is 11.6 Å². The van der Waals surface area contributed by atoms with Crippen LogP contribution in [0, 0.1) is 0 Å². The third kappa shape index (κ3) is 5.86. The highest BCUT2D eigenvalue weighted by Gasteiger charge is 2.39. The molecule has 1 aromatic carbocycles. The predicted molar refractivity (Wildman–Crippen MR) is 132 cm³/mol. The van der Waals surface area contributed by atoms with E-state index in [2.05, 4.69) is 20.2 Å². The van der Waals surface area contributed by atoms with Crippen LogP contribution in [0.15, 0.2) is 47.4 Å². The normalized spacial score (nSPS) is 12.3. The molecule has 210 valence electrons. The first-order chi connectivity index (χ1) is 18.9. The first kappa shape index (κ1) is 28.4. The van der Waals surface area contributed by atoms with Crippen molar-refractivity contribution in [2.24, 2.45) is 5.73 Å². The Morgan fingerprint density at radius 3 is 2.50 bits per heavy atom. The number of aromatic nitrogens is 7. The van der Waals surface area contributed by atoms with E-state index in [1.54, 1.807) is 6.92 Å². The van der Waals surface area contributed by atoms with Crippen LogP contribution in [0.4, 0.5) is 13.2 Å². The van der Waals surface area contributed by atoms with Crippen molar-refractivity contribution in [2.45, 2.75) is 32.3 Å². The molecule has 1 amide bonds. The number of aliphatic hydroxyl groups is 1. The van der Waals surface area contributed by atoms with Crippen LogP contribution in [0.25, 0.3) is 17.2 Å². The van der Waals surface area contributed by atoms with Crippen molar-refractivity contribution in [3.63, 3.8) is 0 Å². The van der Waals surface area contributed by atoms with E-state index in [-0.39, 0.29) is 35.2 Å². The molecule has 0 aliphatic heterocycles. The molecular formula is C23H20ClF3N8O5. The summed E-state index contributed by atoms with van der Waals surface area (Å²) in [5.41, 5.74) is 4.59. The lowest BCUT2D eigenvalue weighted by atomic mass is 10.2. The Morgan fingerprint density at radius 2 is 1.88 bits per heavy atom. The minimum atomic E-state index is -5.01. The van der Waals surface area contributed by atoms with E-state index in [4.69, 9.17) is 22.1 Å². The third-order valence-corrected chi connectivity index (χ3v) is 5.66. The number of amides is 1. The molecule has 0 bridgehead atoms. The second-order valence-electron chi connectivity index (χ2n) is 8.16. The van der Waals surface area contributed by atoms with E-state index in [1.165, 1.54) is 42.6 Å². The van der Waals surface area contributed by atoms with E-state index >= 15 is 0 Å². The van der Waals surface area contributed by atoms with Crippen molar-refractivity contribution in [1.82, 2.24) is 34.1 Å². The highest BCUT2D eigenvalue weighted by Crippen LogP contribution is 2.24. The average Bonchev–Trinajstić information content (AvgIpc) is 3.46. The standard InChI is InChI=1S/C23H20ClF3N8O5/c1-2-40-21(38)14-4-3-9-29-19(14)35-20(17(28)37)30-16(31-35)11-34-22(39)33(10-15(36)23(25,26)27)18(32-34)12-5-7-13(24)8-6-12/h3-9,15,36H,2,10-11H2,1H3,(H2,28,37)/t15-/m0/s1. The summed E-state index contributed by atoms with van der Waals surface area (Å²) >= 11 is 5.89. The number of carbonyl (C=O) groups excluding carboxylic acids is 2. The zero-order valence-electron chi connectivity index (χ0n) is 20.5. The van der Waals surface area contributed by atoms with Gasteiger partial charge in [-0.2, -0.15) is 17.9 Å². The van der Waals surface area contributed by atoms with Crippen LogP contribution in [0.3, 0.4) is 0 Å². The fourth-order valence-electron chi connectivity index (χ4n) is 3.59. The highest BCUT2D eigenvalue weighted by molar-refractivity contribution is 6.30. The Hall–Kier alpha value is -4.57. The first-order valence-corrected chi connectivity index (χ1v) is 11.8. The van der Waals surface area contributed by atoms with Crippen molar-refractivity contribution in [1.29, 1.82) is 0 Å². The monoisotopic (exact) mass is 580 g/mol. The first-order valence-electron chi connectivity index (χ1n) is 11.5. The lowest BCUT2D eigenvalue weighted by molar-refractivity contribution is -0.207. The third-order valence-electron chi connectivity index (χ3n) is 5.40. The fourth-order valence-corrected chi connectivity index (χ4v) is 3.72. The largest absolute Gasteiger partial charge is 0.462 e. The highest BCUT2D eigenvalue weighted by atomic mass is 35.5. The number of halogens is 4. The molecule has 17 heteroatoms. The van der Waals surface area contributed by atoms with Gasteiger partial charge >= 0.3 is 17.8 Å². The van der Waals surface area contributed by atoms with Crippen LogP contribution in [0.1, 0.15) is 33.7 Å². The zero-order chi connectivity index (χ0) is 29.2. The molecule has 0 aliphatic rings. The SMILES string of the molecule is CCOC(=O)c1cccnc1-n1nc(Cn2nc(-c3ccc(Cl)cc3)n(C[C@H](O)C(F)(F)F)c2=O)nc1C(N)=O. The summed E-state index contributed by atoms with van der Waals surface area (Å²) in [6.07, 6.45) is -6.55. The molecule has 0 fully saturated rings. The fraction of sp³-hybridized carbons (Fsp3) is 0.261. The lowest BCUT2D eigenvalue weighted by Crippen LogP contribution is -2.37. The van der Waals surface area contributed by atoms with Gasteiger partial charge in [0.25, 0.3) is 5.91 Å². The van der Waals surface area contributed by atoms with Crippen LogP contribution in [-0.2, 0) is 17.8 Å². The maximum Gasteiger partial charge on any atom is 0.416 e. The zero-order valence-corrected chi connectivity index (χ0v) is 21.3. The van der Waals surface area contributed by atoms with Crippen LogP contribution in [0.2, 0.25) is 5.02 Å². The molecular weight excluding hydrogens is 561 g/mol. The number of ether oxygens (including phenoxy) is 1. The Morgan fingerprint density at radius 1 is 1.18 bits per heavy atom. The maximum absolute atomic E-state index is 13.1. The van der Waals surface area contributed by atoms with Crippen LogP contribution in [-0.4, -0.2) is 70.0 Å². The predicted octanol–water partition coefficient (Wildman–Crippen LogP) is 1.59. The Bertz CT molecular complexity index is 1610. The maximum atomic E-state index is 13.1. The minimum absolute atomic E-state index is 0.0585. The minimum Gasteiger partial charge on any atom is -0.462 e. The van der Waals surface area contributed by atoms with Gasteiger partial charge in [0.15, 0.2) is 23.6 Å². The van der Waals surface area contributed by atoms with Gasteiger partial charge in [0, 0.05) is 16.8 Å². The number of alkyl halides is 3. The molecule has 4 aromatic rings. The van der Waals surface area contributed by atoms with E-state index in [1.807, 2.05) is 0 Å². The Labute approximate surface area is 227 Å². The van der Waals surface area contributed by atoms with Gasteiger partial charge in [-0.25, -0.2) is 24.2 Å². The van der Waals surface area contributed by atoms with E-state index in [0.717, 1.165) is 9.36 Å². The summed E-state index contributed by atoms with van der Waals surface area (Å²) in [6, 6.07) is 8.59. The summed E-state index contributed by atoms with van der Waals surface area (Å²) in [4.78, 5) is 45.8. The molecule has 0 unspecified atom stereocenters. The smallest absolute Gasteiger partial charge is 0.416 e. The number of primary amides is 1. The second-order valence-corrected chi connectivity index (χ2v) is 8.60. The number of aliphatic hydroxyl groups excluding tert-OH is 1. The number of nitrogens with zero attached hydrogens (tertiary/aromatic N) is 7. The second kappa shape index (κ2) is 11.3. The molecule has 0 saturated heterocycles. The number of pyridine rings is 1. The molecule has 0 aliphatic carbocycles.